The lowest BCUT2D eigenvalue weighted by atomic mass is 10.2. The molecule has 0 atom stereocenters. The van der Waals surface area contributed by atoms with E-state index in [1.54, 1.807) is 14.0 Å². The summed E-state index contributed by atoms with van der Waals surface area (Å²) in [7, 11) is 1.55. The molecule has 0 saturated heterocycles. The minimum absolute atomic E-state index is 0.180. The number of nitrogens with one attached hydrogen (secondary N) is 1. The number of aromatic nitrogens is 2. The highest BCUT2D eigenvalue weighted by Crippen LogP contribution is 2.30. The fraction of sp³-hybridized carbons (Fsp3) is 0.500. The maximum absolute atomic E-state index is 12.9. The number of hydrogen-bond acceptors (Lipinski definition) is 3. The zero-order valence-electron chi connectivity index (χ0n) is 7.73. The summed E-state index contributed by atoms with van der Waals surface area (Å²) in [6, 6.07) is 0. The van der Waals surface area contributed by atoms with Crippen LogP contribution in [0.5, 0.6) is 0 Å². The van der Waals surface area contributed by atoms with Crippen molar-refractivity contribution in [2.45, 2.75) is 19.8 Å². The molecule has 5 heteroatoms. The van der Waals surface area contributed by atoms with Gasteiger partial charge in [0.1, 0.15) is 11.6 Å². The second-order valence-corrected chi connectivity index (χ2v) is 2.82. The van der Waals surface area contributed by atoms with Crippen LogP contribution < -0.4 is 5.32 Å². The molecule has 1 rings (SSSR count). The zero-order valence-corrected chi connectivity index (χ0v) is 7.73. The molecule has 0 spiro atoms. The topological polar surface area (TPSA) is 37.8 Å². The van der Waals surface area contributed by atoms with E-state index in [0.29, 0.717) is 5.82 Å². The van der Waals surface area contributed by atoms with E-state index in [2.05, 4.69) is 15.3 Å². The van der Waals surface area contributed by atoms with E-state index < -0.39 is 5.92 Å². The van der Waals surface area contributed by atoms with Gasteiger partial charge in [-0.15, -0.1) is 0 Å². The van der Waals surface area contributed by atoms with Gasteiger partial charge in [-0.05, 0) is 6.92 Å². The highest BCUT2D eigenvalue weighted by atomic mass is 19.3. The maximum atomic E-state index is 12.9. The minimum atomic E-state index is -2.91. The molecular weight excluding hydrogens is 176 g/mol. The van der Waals surface area contributed by atoms with Crippen molar-refractivity contribution in [2.75, 3.05) is 12.4 Å². The second-order valence-electron chi connectivity index (χ2n) is 2.82. The van der Waals surface area contributed by atoms with Crippen molar-refractivity contribution in [3.8, 4) is 0 Å². The summed E-state index contributed by atoms with van der Waals surface area (Å²) in [5, 5.41) is 2.61. The van der Waals surface area contributed by atoms with Crippen LogP contribution in [0.25, 0.3) is 0 Å². The van der Waals surface area contributed by atoms with E-state index in [1.165, 1.54) is 0 Å². The molecule has 0 radical (unpaired) electrons. The summed E-state index contributed by atoms with van der Waals surface area (Å²) in [5.41, 5.74) is -0.180. The molecule has 0 bridgehead atoms. The van der Waals surface area contributed by atoms with Gasteiger partial charge in [0.25, 0.3) is 5.92 Å². The summed E-state index contributed by atoms with van der Waals surface area (Å²) in [5.74, 6) is -2.26. The Hall–Kier alpha value is -1.26. The number of halogens is 2. The Morgan fingerprint density at radius 1 is 1.46 bits per heavy atom. The average molecular weight is 187 g/mol. The second kappa shape index (κ2) is 3.24. The Morgan fingerprint density at radius 2 is 2.08 bits per heavy atom. The van der Waals surface area contributed by atoms with Gasteiger partial charge in [0.2, 0.25) is 0 Å². The minimum Gasteiger partial charge on any atom is -0.373 e. The first kappa shape index (κ1) is 9.83. The van der Waals surface area contributed by atoms with Crippen molar-refractivity contribution in [3.63, 3.8) is 0 Å². The standard InChI is InChI=1S/C8H11F2N3/c1-5-12-4-6(8(2,9)10)7(11-3)13-5/h4H,1-3H3,(H,11,12,13). The SMILES string of the molecule is CNc1nc(C)ncc1C(C)(F)F. The molecule has 0 aliphatic rings. The van der Waals surface area contributed by atoms with Gasteiger partial charge in [0, 0.05) is 20.2 Å². The lowest BCUT2D eigenvalue weighted by Gasteiger charge is -2.13. The van der Waals surface area contributed by atoms with E-state index in [0.717, 1.165) is 13.1 Å². The molecule has 0 amide bonds. The van der Waals surface area contributed by atoms with Crippen LogP contribution in [0.2, 0.25) is 0 Å². The van der Waals surface area contributed by atoms with Gasteiger partial charge in [-0.3, -0.25) is 0 Å². The average Bonchev–Trinajstić information content (AvgIpc) is 2.01. The van der Waals surface area contributed by atoms with Crippen LogP contribution in [-0.4, -0.2) is 17.0 Å². The van der Waals surface area contributed by atoms with Crippen molar-refractivity contribution in [2.24, 2.45) is 0 Å². The van der Waals surface area contributed by atoms with Crippen LogP contribution in [0.15, 0.2) is 6.20 Å². The van der Waals surface area contributed by atoms with E-state index in [-0.39, 0.29) is 11.4 Å². The molecule has 3 nitrogen and oxygen atoms in total. The quantitative estimate of drug-likeness (QED) is 0.768. The molecule has 1 aromatic heterocycles. The molecule has 0 aromatic carbocycles. The molecule has 1 N–H and O–H groups in total. The van der Waals surface area contributed by atoms with Gasteiger partial charge in [-0.1, -0.05) is 0 Å². The molecule has 1 aromatic rings. The molecule has 0 saturated carbocycles. The lowest BCUT2D eigenvalue weighted by molar-refractivity contribution is 0.0175. The van der Waals surface area contributed by atoms with Gasteiger partial charge in [0.15, 0.2) is 0 Å². The normalized spacial score (nSPS) is 11.5. The van der Waals surface area contributed by atoms with Gasteiger partial charge >= 0.3 is 0 Å². The first-order chi connectivity index (χ1) is 5.95. The fourth-order valence-corrected chi connectivity index (χ4v) is 0.982. The van der Waals surface area contributed by atoms with Gasteiger partial charge in [0.05, 0.1) is 5.56 Å². The highest BCUT2D eigenvalue weighted by Gasteiger charge is 2.28. The molecule has 72 valence electrons. The van der Waals surface area contributed by atoms with Crippen molar-refractivity contribution >= 4 is 5.82 Å². The summed E-state index contributed by atoms with van der Waals surface area (Å²) >= 11 is 0. The van der Waals surface area contributed by atoms with Gasteiger partial charge < -0.3 is 5.32 Å². The lowest BCUT2D eigenvalue weighted by Crippen LogP contribution is -2.13. The monoisotopic (exact) mass is 187 g/mol. The van der Waals surface area contributed by atoms with Crippen molar-refractivity contribution in [1.82, 2.24) is 9.97 Å². The number of nitrogens with zero attached hydrogens (tertiary/aromatic N) is 2. The first-order valence-electron chi connectivity index (χ1n) is 3.85. The predicted molar refractivity (Wildman–Crippen MR) is 45.9 cm³/mol. The van der Waals surface area contributed by atoms with Crippen molar-refractivity contribution in [3.05, 3.63) is 17.6 Å². The maximum Gasteiger partial charge on any atom is 0.275 e. The number of anilines is 1. The number of alkyl halides is 2. The molecule has 0 aliphatic carbocycles. The number of hydrogen-bond donors (Lipinski definition) is 1. The summed E-state index contributed by atoms with van der Waals surface area (Å²) < 4.78 is 25.8. The largest absolute Gasteiger partial charge is 0.373 e. The van der Waals surface area contributed by atoms with E-state index in [9.17, 15) is 8.78 Å². The van der Waals surface area contributed by atoms with Crippen LogP contribution in [0.1, 0.15) is 18.3 Å². The molecular formula is C8H11F2N3. The van der Waals surface area contributed by atoms with Crippen molar-refractivity contribution < 1.29 is 8.78 Å². The predicted octanol–water partition coefficient (Wildman–Crippen LogP) is 1.94. The molecule has 0 fully saturated rings. The Morgan fingerprint density at radius 3 is 2.54 bits per heavy atom. The molecule has 0 aliphatic heterocycles. The number of rotatable bonds is 2. The third kappa shape index (κ3) is 2.11. The summed E-state index contributed by atoms with van der Waals surface area (Å²) in [6.07, 6.45) is 1.15. The van der Waals surface area contributed by atoms with Gasteiger partial charge in [-0.2, -0.15) is 0 Å². The van der Waals surface area contributed by atoms with E-state index in [4.69, 9.17) is 0 Å². The molecule has 13 heavy (non-hydrogen) atoms. The highest BCUT2D eigenvalue weighted by molar-refractivity contribution is 5.44. The third-order valence-corrected chi connectivity index (χ3v) is 1.62. The zero-order chi connectivity index (χ0) is 10.1. The van der Waals surface area contributed by atoms with Gasteiger partial charge in [-0.25, -0.2) is 18.7 Å². The van der Waals surface area contributed by atoms with E-state index >= 15 is 0 Å². The van der Waals surface area contributed by atoms with Crippen LogP contribution in [0, 0.1) is 6.92 Å². The first-order valence-corrected chi connectivity index (χ1v) is 3.85. The van der Waals surface area contributed by atoms with Crippen LogP contribution >= 0.6 is 0 Å². The third-order valence-electron chi connectivity index (χ3n) is 1.62. The Labute approximate surface area is 75.2 Å². The Bertz CT molecular complexity index is 307. The molecule has 1 heterocycles. The Balaban J connectivity index is 3.22. The fourth-order valence-electron chi connectivity index (χ4n) is 0.982. The number of aryl methyl sites for hydroxylation is 1. The summed E-state index contributed by atoms with van der Waals surface area (Å²) in [6.45, 7) is 2.47. The summed E-state index contributed by atoms with van der Waals surface area (Å²) in [4.78, 5) is 7.58. The molecule has 0 unspecified atom stereocenters. The smallest absolute Gasteiger partial charge is 0.275 e. The van der Waals surface area contributed by atoms with E-state index in [1.807, 2.05) is 0 Å². The van der Waals surface area contributed by atoms with Crippen LogP contribution in [0.3, 0.4) is 0 Å². The Kier molecular flexibility index (Phi) is 2.45. The van der Waals surface area contributed by atoms with Crippen LogP contribution in [-0.2, 0) is 5.92 Å². The van der Waals surface area contributed by atoms with Crippen molar-refractivity contribution in [1.29, 1.82) is 0 Å². The van der Waals surface area contributed by atoms with Crippen LogP contribution in [0.4, 0.5) is 14.6 Å².